The third-order valence-electron chi connectivity index (χ3n) is 14.3. The van der Waals surface area contributed by atoms with Crippen LogP contribution in [0.4, 0.5) is 34.1 Å². The number of benzene rings is 9. The maximum atomic E-state index is 5.07. The van der Waals surface area contributed by atoms with Crippen molar-refractivity contribution in [3.63, 3.8) is 0 Å². The van der Waals surface area contributed by atoms with Crippen molar-refractivity contribution in [1.82, 2.24) is 9.97 Å². The SMILES string of the molecule is CC1(C)c2cc(N(c3ccc(-c4nc5ccccc5s4)cc3)c3cccc(-c4ccccc4)c3)ccc2-c2ccc(N3c4ccccc4C(C)(C)c4cc(-c5nc6ccccc6s5)ccc43)cc21. The van der Waals surface area contributed by atoms with E-state index in [0.29, 0.717) is 0 Å². The van der Waals surface area contributed by atoms with E-state index in [1.54, 1.807) is 22.7 Å². The summed E-state index contributed by atoms with van der Waals surface area (Å²) >= 11 is 3.50. The number of nitrogens with zero attached hydrogens (tertiary/aromatic N) is 4. The minimum Gasteiger partial charge on any atom is -0.310 e. The summed E-state index contributed by atoms with van der Waals surface area (Å²) in [7, 11) is 0. The minimum absolute atomic E-state index is 0.222. The molecule has 11 aromatic rings. The van der Waals surface area contributed by atoms with Gasteiger partial charge in [0.2, 0.25) is 0 Å². The lowest BCUT2D eigenvalue weighted by atomic mass is 9.73. The van der Waals surface area contributed by atoms with Gasteiger partial charge in [0.05, 0.1) is 31.8 Å². The molecule has 1 aliphatic carbocycles. The fourth-order valence-electron chi connectivity index (χ4n) is 10.8. The van der Waals surface area contributed by atoms with Gasteiger partial charge in [0.15, 0.2) is 0 Å². The molecule has 0 fully saturated rings. The van der Waals surface area contributed by atoms with Crippen LogP contribution in [0, 0.1) is 0 Å². The van der Waals surface area contributed by atoms with Crippen molar-refractivity contribution in [2.75, 3.05) is 9.80 Å². The van der Waals surface area contributed by atoms with Crippen LogP contribution in [0.2, 0.25) is 0 Å². The van der Waals surface area contributed by atoms with Crippen LogP contribution in [0.15, 0.2) is 206 Å². The van der Waals surface area contributed by atoms with Crippen molar-refractivity contribution in [1.29, 1.82) is 0 Å². The molecular formula is C62H46N4S2. The summed E-state index contributed by atoms with van der Waals surface area (Å²) in [5.74, 6) is 0. The lowest BCUT2D eigenvalue weighted by Crippen LogP contribution is -2.30. The van der Waals surface area contributed by atoms with Crippen LogP contribution in [0.1, 0.15) is 49.9 Å². The normalized spacial score (nSPS) is 14.1. The van der Waals surface area contributed by atoms with Gasteiger partial charge >= 0.3 is 0 Å². The first-order chi connectivity index (χ1) is 33.2. The Bertz CT molecular complexity index is 3700. The molecular weight excluding hydrogens is 865 g/mol. The highest BCUT2D eigenvalue weighted by atomic mass is 32.1. The number of rotatable bonds is 7. The van der Waals surface area contributed by atoms with E-state index in [1.165, 1.54) is 65.3 Å². The summed E-state index contributed by atoms with van der Waals surface area (Å²) in [5.41, 5.74) is 20.9. The summed E-state index contributed by atoms with van der Waals surface area (Å²) in [6.45, 7) is 9.51. The van der Waals surface area contributed by atoms with E-state index in [2.05, 4.69) is 244 Å². The molecule has 0 atom stereocenters. The van der Waals surface area contributed by atoms with Crippen LogP contribution in [0.5, 0.6) is 0 Å². The second kappa shape index (κ2) is 15.5. The number of anilines is 6. The van der Waals surface area contributed by atoms with Crippen LogP contribution in [0.25, 0.3) is 63.8 Å². The molecule has 0 saturated carbocycles. The molecule has 9 aromatic carbocycles. The monoisotopic (exact) mass is 910 g/mol. The van der Waals surface area contributed by atoms with Crippen LogP contribution < -0.4 is 9.80 Å². The van der Waals surface area contributed by atoms with E-state index in [-0.39, 0.29) is 10.8 Å². The average Bonchev–Trinajstić information content (AvgIpc) is 4.08. The maximum Gasteiger partial charge on any atom is 0.124 e. The number of para-hydroxylation sites is 3. The second-order valence-corrected chi connectivity index (χ2v) is 21.1. The quantitative estimate of drug-likeness (QED) is 0.159. The van der Waals surface area contributed by atoms with Crippen molar-refractivity contribution >= 4 is 77.2 Å². The molecule has 3 heterocycles. The molecule has 0 spiro atoms. The Morgan fingerprint density at radius 3 is 1.68 bits per heavy atom. The molecule has 0 unspecified atom stereocenters. The Morgan fingerprint density at radius 2 is 0.941 bits per heavy atom. The van der Waals surface area contributed by atoms with Gasteiger partial charge in [-0.15, -0.1) is 22.7 Å². The molecule has 6 heteroatoms. The van der Waals surface area contributed by atoms with Gasteiger partial charge in [-0.2, -0.15) is 0 Å². The van der Waals surface area contributed by atoms with Crippen molar-refractivity contribution in [3.05, 3.63) is 229 Å². The zero-order valence-electron chi connectivity index (χ0n) is 38.2. The zero-order chi connectivity index (χ0) is 45.7. The summed E-state index contributed by atoms with van der Waals surface area (Å²) in [6, 6.07) is 75.4. The molecule has 4 nitrogen and oxygen atoms in total. The van der Waals surface area contributed by atoms with Gasteiger partial charge in [0.25, 0.3) is 0 Å². The van der Waals surface area contributed by atoms with Crippen LogP contribution >= 0.6 is 22.7 Å². The van der Waals surface area contributed by atoms with Gasteiger partial charge in [-0.25, -0.2) is 9.97 Å². The third kappa shape index (κ3) is 6.46. The topological polar surface area (TPSA) is 32.3 Å². The lowest BCUT2D eigenvalue weighted by molar-refractivity contribution is 0.631. The lowest BCUT2D eigenvalue weighted by Gasteiger charge is -2.42. The third-order valence-corrected chi connectivity index (χ3v) is 16.5. The van der Waals surface area contributed by atoms with Gasteiger partial charge in [-0.05, 0) is 154 Å². The maximum absolute atomic E-state index is 5.07. The first kappa shape index (κ1) is 40.6. The number of thiazole rings is 2. The zero-order valence-corrected chi connectivity index (χ0v) is 39.9. The van der Waals surface area contributed by atoms with Crippen LogP contribution in [-0.2, 0) is 10.8 Å². The van der Waals surface area contributed by atoms with E-state index >= 15 is 0 Å². The van der Waals surface area contributed by atoms with Crippen molar-refractivity contribution in [3.8, 4) is 43.4 Å². The van der Waals surface area contributed by atoms with Gasteiger partial charge in [0.1, 0.15) is 10.0 Å². The molecule has 0 radical (unpaired) electrons. The first-order valence-electron chi connectivity index (χ1n) is 23.3. The predicted molar refractivity (Wildman–Crippen MR) is 288 cm³/mol. The minimum atomic E-state index is -0.279. The number of hydrogen-bond donors (Lipinski definition) is 0. The first-order valence-corrected chi connectivity index (χ1v) is 24.9. The Balaban J connectivity index is 0.903. The van der Waals surface area contributed by atoms with E-state index in [4.69, 9.17) is 9.97 Å². The molecule has 0 N–H and O–H groups in total. The van der Waals surface area contributed by atoms with E-state index in [9.17, 15) is 0 Å². The fourth-order valence-corrected chi connectivity index (χ4v) is 12.7. The van der Waals surface area contributed by atoms with Gasteiger partial charge < -0.3 is 9.80 Å². The van der Waals surface area contributed by atoms with Crippen molar-refractivity contribution in [2.45, 2.75) is 38.5 Å². The molecule has 13 rings (SSSR count). The Labute approximate surface area is 405 Å². The predicted octanol–water partition coefficient (Wildman–Crippen LogP) is 17.8. The summed E-state index contributed by atoms with van der Waals surface area (Å²) in [6.07, 6.45) is 0. The standard InChI is InChI=1S/C62H46N4S2/c1-61(2)49-19-8-11-22-55(49)66(56-34-27-42(36-52(56)61)60-64-54-21-10-13-24-58(54)68-60)46-31-33-48-47-32-30-45(37-50(47)62(3,4)51(48)38-46)65(44-18-14-17-41(35-44)39-15-6-5-7-16-39)43-28-25-40(26-29-43)59-63-53-20-9-12-23-57(53)67-59/h5-38H,1-4H3. The van der Waals surface area contributed by atoms with Crippen molar-refractivity contribution < 1.29 is 0 Å². The summed E-state index contributed by atoms with van der Waals surface area (Å²) < 4.78 is 2.41. The second-order valence-electron chi connectivity index (χ2n) is 19.1. The number of hydrogen-bond acceptors (Lipinski definition) is 6. The summed E-state index contributed by atoms with van der Waals surface area (Å²) in [4.78, 5) is 14.9. The van der Waals surface area contributed by atoms with E-state index in [0.717, 1.165) is 54.9 Å². The number of aromatic nitrogens is 2. The van der Waals surface area contributed by atoms with Gasteiger partial charge in [0, 0.05) is 44.7 Å². The Morgan fingerprint density at radius 1 is 0.382 bits per heavy atom. The Kier molecular flexibility index (Phi) is 9.23. The molecule has 326 valence electrons. The molecule has 68 heavy (non-hydrogen) atoms. The fraction of sp³-hybridized carbons (Fsp3) is 0.0968. The van der Waals surface area contributed by atoms with E-state index in [1.807, 2.05) is 0 Å². The van der Waals surface area contributed by atoms with E-state index < -0.39 is 0 Å². The molecule has 1 aliphatic heterocycles. The highest BCUT2D eigenvalue weighted by Gasteiger charge is 2.40. The van der Waals surface area contributed by atoms with Crippen molar-refractivity contribution in [2.24, 2.45) is 0 Å². The molecule has 2 aliphatic rings. The van der Waals surface area contributed by atoms with Gasteiger partial charge in [-0.1, -0.05) is 125 Å². The highest BCUT2D eigenvalue weighted by molar-refractivity contribution is 7.22. The number of fused-ring (bicyclic) bond motifs is 7. The smallest absolute Gasteiger partial charge is 0.124 e. The molecule has 2 aromatic heterocycles. The van der Waals surface area contributed by atoms with Crippen LogP contribution in [-0.4, -0.2) is 9.97 Å². The Hall–Kier alpha value is -7.64. The highest BCUT2D eigenvalue weighted by Crippen LogP contribution is 2.56. The summed E-state index contributed by atoms with van der Waals surface area (Å²) in [5, 5.41) is 2.08. The molecule has 0 bridgehead atoms. The molecule has 0 saturated heterocycles. The van der Waals surface area contributed by atoms with Gasteiger partial charge in [-0.3, -0.25) is 0 Å². The average molecular weight is 911 g/mol. The largest absolute Gasteiger partial charge is 0.310 e. The molecule has 0 amide bonds. The van der Waals surface area contributed by atoms with Crippen LogP contribution in [0.3, 0.4) is 0 Å².